The molecular formula is C15H16O4. The third-order valence-corrected chi connectivity index (χ3v) is 2.91. The number of fused-ring (bicyclic) bond motifs is 1. The third-order valence-electron chi connectivity index (χ3n) is 2.91. The summed E-state index contributed by atoms with van der Waals surface area (Å²) in [5.74, 6) is 0.388. The van der Waals surface area contributed by atoms with Crippen LogP contribution in [0.15, 0.2) is 39.3 Å². The molecule has 0 unspecified atom stereocenters. The Hall–Kier alpha value is -2.23. The average molecular weight is 260 g/mol. The highest BCUT2D eigenvalue weighted by Crippen LogP contribution is 2.33. The van der Waals surface area contributed by atoms with Crippen LogP contribution in [0.1, 0.15) is 19.4 Å². The van der Waals surface area contributed by atoms with Crippen LogP contribution in [-0.4, -0.2) is 12.2 Å². The number of ether oxygens (including phenoxy) is 1. The molecule has 0 saturated heterocycles. The Labute approximate surface area is 110 Å². The van der Waals surface area contributed by atoms with Crippen LogP contribution in [0.3, 0.4) is 0 Å². The largest absolute Gasteiger partial charge is 0.507 e. The molecule has 0 saturated carbocycles. The van der Waals surface area contributed by atoms with E-state index in [0.29, 0.717) is 17.8 Å². The zero-order valence-corrected chi connectivity index (χ0v) is 11.2. The summed E-state index contributed by atoms with van der Waals surface area (Å²) >= 11 is 0. The Morgan fingerprint density at radius 1 is 1.47 bits per heavy atom. The maximum absolute atomic E-state index is 11.8. The fourth-order valence-corrected chi connectivity index (χ4v) is 1.96. The van der Waals surface area contributed by atoms with Gasteiger partial charge in [-0.15, -0.1) is 0 Å². The maximum atomic E-state index is 11.8. The van der Waals surface area contributed by atoms with E-state index in [1.165, 1.54) is 25.5 Å². The molecule has 0 amide bonds. The predicted molar refractivity (Wildman–Crippen MR) is 73.8 cm³/mol. The zero-order chi connectivity index (χ0) is 14.0. The van der Waals surface area contributed by atoms with E-state index in [2.05, 4.69) is 0 Å². The molecule has 4 nitrogen and oxygen atoms in total. The molecule has 100 valence electrons. The minimum atomic E-state index is -0.264. The smallest absolute Gasteiger partial charge is 0.196 e. The molecule has 1 aromatic heterocycles. The van der Waals surface area contributed by atoms with Crippen molar-refractivity contribution < 1.29 is 14.3 Å². The summed E-state index contributed by atoms with van der Waals surface area (Å²) in [6.07, 6.45) is 3.92. The van der Waals surface area contributed by atoms with Gasteiger partial charge in [0.2, 0.25) is 0 Å². The van der Waals surface area contributed by atoms with Crippen LogP contribution >= 0.6 is 0 Å². The number of rotatable bonds is 3. The Morgan fingerprint density at radius 2 is 2.21 bits per heavy atom. The number of phenolic OH excluding ortho intramolecular Hbond substituents is 1. The van der Waals surface area contributed by atoms with Crippen LogP contribution in [0.2, 0.25) is 0 Å². The molecule has 2 rings (SSSR count). The lowest BCUT2D eigenvalue weighted by atomic mass is 10.0. The van der Waals surface area contributed by atoms with E-state index in [9.17, 15) is 9.90 Å². The normalized spacial score (nSPS) is 10.5. The van der Waals surface area contributed by atoms with Gasteiger partial charge in [0.05, 0.1) is 13.4 Å². The van der Waals surface area contributed by atoms with Crippen LogP contribution in [0.4, 0.5) is 0 Å². The zero-order valence-electron chi connectivity index (χ0n) is 11.2. The van der Waals surface area contributed by atoms with Gasteiger partial charge < -0.3 is 14.3 Å². The van der Waals surface area contributed by atoms with Crippen molar-refractivity contribution in [2.24, 2.45) is 0 Å². The lowest BCUT2D eigenvalue weighted by molar-refractivity contribution is 0.403. The number of methoxy groups -OCH3 is 1. The van der Waals surface area contributed by atoms with Crippen molar-refractivity contribution in [2.75, 3.05) is 7.11 Å². The number of benzene rings is 1. The van der Waals surface area contributed by atoms with Crippen LogP contribution in [0.5, 0.6) is 11.5 Å². The summed E-state index contributed by atoms with van der Waals surface area (Å²) in [4.78, 5) is 11.8. The fourth-order valence-electron chi connectivity index (χ4n) is 1.96. The fraction of sp³-hybridized carbons (Fsp3) is 0.267. The van der Waals surface area contributed by atoms with Crippen molar-refractivity contribution in [3.63, 3.8) is 0 Å². The number of hydrogen-bond donors (Lipinski definition) is 1. The van der Waals surface area contributed by atoms with Gasteiger partial charge in [0.15, 0.2) is 5.43 Å². The standard InChI is InChI=1S/C15H16O4/c1-9(2)4-5-10-13(18-3)8-12(17)14-11(16)6-7-19-15(10)14/h4,6-8,17H,5H2,1-3H3. The van der Waals surface area contributed by atoms with E-state index >= 15 is 0 Å². The minimum absolute atomic E-state index is 0.123. The first-order valence-corrected chi connectivity index (χ1v) is 5.98. The second kappa shape index (κ2) is 5.18. The average Bonchev–Trinajstić information content (AvgIpc) is 2.36. The van der Waals surface area contributed by atoms with Gasteiger partial charge >= 0.3 is 0 Å². The first-order chi connectivity index (χ1) is 9.04. The van der Waals surface area contributed by atoms with Gasteiger partial charge in [-0.2, -0.15) is 0 Å². The van der Waals surface area contributed by atoms with Gasteiger partial charge in [-0.1, -0.05) is 11.6 Å². The molecule has 1 heterocycles. The molecule has 0 fully saturated rings. The van der Waals surface area contributed by atoms with E-state index in [1.54, 1.807) is 0 Å². The van der Waals surface area contributed by atoms with Gasteiger partial charge in [-0.05, 0) is 20.3 Å². The SMILES string of the molecule is COc1cc(O)c2c(=O)ccoc2c1CC=C(C)C. The molecule has 0 aliphatic carbocycles. The summed E-state index contributed by atoms with van der Waals surface area (Å²) in [6, 6.07) is 2.74. The Bertz CT molecular complexity index is 691. The van der Waals surface area contributed by atoms with Gasteiger partial charge in [0.1, 0.15) is 22.5 Å². The lowest BCUT2D eigenvalue weighted by Gasteiger charge is -2.10. The van der Waals surface area contributed by atoms with E-state index < -0.39 is 0 Å². The molecule has 1 N–H and O–H groups in total. The van der Waals surface area contributed by atoms with Crippen molar-refractivity contribution in [3.8, 4) is 11.5 Å². The maximum Gasteiger partial charge on any atom is 0.196 e. The van der Waals surface area contributed by atoms with Crippen LogP contribution in [0.25, 0.3) is 11.0 Å². The Morgan fingerprint density at radius 3 is 2.84 bits per heavy atom. The van der Waals surface area contributed by atoms with Gasteiger partial charge in [0, 0.05) is 17.7 Å². The summed E-state index contributed by atoms with van der Waals surface area (Å²) < 4.78 is 10.7. The van der Waals surface area contributed by atoms with Crippen molar-refractivity contribution in [1.82, 2.24) is 0 Å². The third kappa shape index (κ3) is 2.47. The molecule has 0 bridgehead atoms. The number of aromatic hydroxyl groups is 1. The highest BCUT2D eigenvalue weighted by molar-refractivity contribution is 5.88. The Kier molecular flexibility index (Phi) is 3.60. The van der Waals surface area contributed by atoms with Crippen molar-refractivity contribution in [1.29, 1.82) is 0 Å². The van der Waals surface area contributed by atoms with E-state index in [4.69, 9.17) is 9.15 Å². The number of phenols is 1. The number of hydrogen-bond acceptors (Lipinski definition) is 4. The van der Waals surface area contributed by atoms with Crippen LogP contribution < -0.4 is 10.2 Å². The summed E-state index contributed by atoms with van der Waals surface area (Å²) in [7, 11) is 1.52. The predicted octanol–water partition coefficient (Wildman–Crippen LogP) is 3.02. The molecule has 0 spiro atoms. The second-order valence-electron chi connectivity index (χ2n) is 4.55. The van der Waals surface area contributed by atoms with Gasteiger partial charge in [-0.25, -0.2) is 0 Å². The molecule has 2 aromatic rings. The van der Waals surface area contributed by atoms with Gasteiger partial charge in [0.25, 0.3) is 0 Å². The van der Waals surface area contributed by atoms with Gasteiger partial charge in [-0.3, -0.25) is 4.79 Å². The lowest BCUT2D eigenvalue weighted by Crippen LogP contribution is -2.02. The summed E-state index contributed by atoms with van der Waals surface area (Å²) in [5, 5.41) is 10.1. The number of allylic oxidation sites excluding steroid dienone is 2. The topological polar surface area (TPSA) is 59.7 Å². The van der Waals surface area contributed by atoms with Crippen LogP contribution in [-0.2, 0) is 6.42 Å². The Balaban J connectivity index is 2.78. The van der Waals surface area contributed by atoms with E-state index in [0.717, 1.165) is 11.1 Å². The molecule has 0 aliphatic heterocycles. The molecule has 0 radical (unpaired) electrons. The van der Waals surface area contributed by atoms with Crippen molar-refractivity contribution >= 4 is 11.0 Å². The monoisotopic (exact) mass is 260 g/mol. The first-order valence-electron chi connectivity index (χ1n) is 5.98. The molecule has 4 heteroatoms. The van der Waals surface area contributed by atoms with E-state index in [1.807, 2.05) is 19.9 Å². The summed E-state index contributed by atoms with van der Waals surface area (Å²) in [5.41, 5.74) is 2.03. The quantitative estimate of drug-likeness (QED) is 0.862. The highest BCUT2D eigenvalue weighted by atomic mass is 16.5. The molecular weight excluding hydrogens is 244 g/mol. The highest BCUT2D eigenvalue weighted by Gasteiger charge is 2.15. The second-order valence-corrected chi connectivity index (χ2v) is 4.55. The molecule has 0 aliphatic rings. The molecule has 0 atom stereocenters. The van der Waals surface area contributed by atoms with E-state index in [-0.39, 0.29) is 16.6 Å². The van der Waals surface area contributed by atoms with Crippen molar-refractivity contribution in [2.45, 2.75) is 20.3 Å². The van der Waals surface area contributed by atoms with Crippen LogP contribution in [0, 0.1) is 0 Å². The summed E-state index contributed by atoms with van der Waals surface area (Å²) in [6.45, 7) is 3.98. The molecule has 19 heavy (non-hydrogen) atoms. The first kappa shape index (κ1) is 13.2. The molecule has 1 aromatic carbocycles. The van der Waals surface area contributed by atoms with Crippen molar-refractivity contribution in [3.05, 3.63) is 45.8 Å². The minimum Gasteiger partial charge on any atom is -0.507 e.